The quantitative estimate of drug-likeness (QED) is 0.839. The fraction of sp³-hybridized carbons (Fsp3) is 0.476. The van der Waals surface area contributed by atoms with Gasteiger partial charge in [-0.15, -0.1) is 0 Å². The Morgan fingerprint density at radius 2 is 2.04 bits per heavy atom. The second-order valence-corrected chi connectivity index (χ2v) is 6.61. The average Bonchev–Trinajstić information content (AvgIpc) is 2.65. The summed E-state index contributed by atoms with van der Waals surface area (Å²) in [5.41, 5.74) is 5.29. The van der Waals surface area contributed by atoms with Crippen LogP contribution in [-0.2, 0) is 6.42 Å². The van der Waals surface area contributed by atoms with E-state index in [2.05, 4.69) is 60.2 Å². The molecule has 0 bridgehead atoms. The average molecular weight is 339 g/mol. The van der Waals surface area contributed by atoms with E-state index in [9.17, 15) is 0 Å². The third-order valence-electron chi connectivity index (χ3n) is 5.11. The van der Waals surface area contributed by atoms with E-state index < -0.39 is 0 Å². The third-order valence-corrected chi connectivity index (χ3v) is 5.11. The maximum Gasteiger partial charge on any atom is 0.119 e. The zero-order chi connectivity index (χ0) is 17.6. The van der Waals surface area contributed by atoms with Gasteiger partial charge in [-0.3, -0.25) is 4.98 Å². The van der Waals surface area contributed by atoms with Crippen LogP contribution in [0.2, 0.25) is 0 Å². The second-order valence-electron chi connectivity index (χ2n) is 6.61. The molecule has 134 valence electrons. The number of rotatable bonds is 7. The molecule has 0 aliphatic carbocycles. The Labute approximate surface area is 151 Å². The van der Waals surface area contributed by atoms with Crippen molar-refractivity contribution < 1.29 is 4.74 Å². The summed E-state index contributed by atoms with van der Waals surface area (Å²) < 4.78 is 6.00. The first-order valence-electron chi connectivity index (χ1n) is 9.34. The molecule has 0 saturated heterocycles. The van der Waals surface area contributed by atoms with Gasteiger partial charge in [0.2, 0.25) is 0 Å². The zero-order valence-corrected chi connectivity index (χ0v) is 15.6. The Hall–Kier alpha value is -1.91. The highest BCUT2D eigenvalue weighted by Crippen LogP contribution is 2.32. The van der Waals surface area contributed by atoms with Crippen LogP contribution in [0.5, 0.6) is 5.75 Å². The van der Waals surface area contributed by atoms with Gasteiger partial charge >= 0.3 is 0 Å². The Morgan fingerprint density at radius 3 is 2.80 bits per heavy atom. The minimum Gasteiger partial charge on any atom is -0.492 e. The van der Waals surface area contributed by atoms with Crippen molar-refractivity contribution in [1.29, 1.82) is 0 Å². The second kappa shape index (κ2) is 8.45. The Morgan fingerprint density at radius 1 is 1.20 bits per heavy atom. The Balaban J connectivity index is 1.73. The van der Waals surface area contributed by atoms with Gasteiger partial charge in [0.15, 0.2) is 0 Å². The number of benzene rings is 1. The molecule has 0 radical (unpaired) electrons. The lowest BCUT2D eigenvalue weighted by Crippen LogP contribution is -2.31. The van der Waals surface area contributed by atoms with Crippen LogP contribution in [0.4, 0.5) is 0 Å². The predicted octanol–water partition coefficient (Wildman–Crippen LogP) is 3.35. The van der Waals surface area contributed by atoms with Gasteiger partial charge in [-0.25, -0.2) is 0 Å². The van der Waals surface area contributed by atoms with E-state index >= 15 is 0 Å². The van der Waals surface area contributed by atoms with E-state index in [1.54, 1.807) is 0 Å². The number of ether oxygens (including phenoxy) is 1. The number of hydrogen-bond donors (Lipinski definition) is 1. The standard InChI is InChI=1S/C21H29N3O/c1-4-24(5-2)12-13-25-18-6-7-20-17(14-18)8-11-23-21(20)19-9-10-22-15-16(19)3/h6-7,9-10,14-15,21,23H,4-5,8,11-13H2,1-3H3. The SMILES string of the molecule is CCN(CC)CCOc1ccc2c(c1)CCNC2c1ccncc1C. The number of nitrogens with one attached hydrogen (secondary N) is 1. The minimum absolute atomic E-state index is 0.247. The van der Waals surface area contributed by atoms with Gasteiger partial charge in [-0.1, -0.05) is 19.9 Å². The number of likely N-dealkylation sites (N-methyl/N-ethyl adjacent to an activating group) is 1. The normalized spacial score (nSPS) is 16.7. The first kappa shape index (κ1) is 17.9. The lowest BCUT2D eigenvalue weighted by molar-refractivity contribution is 0.222. The van der Waals surface area contributed by atoms with Crippen LogP contribution in [0, 0.1) is 6.92 Å². The molecule has 1 aromatic carbocycles. The molecular weight excluding hydrogens is 310 g/mol. The van der Waals surface area contributed by atoms with Gasteiger partial charge in [0.1, 0.15) is 12.4 Å². The highest BCUT2D eigenvalue weighted by Gasteiger charge is 2.22. The van der Waals surface area contributed by atoms with Crippen molar-refractivity contribution in [2.45, 2.75) is 33.2 Å². The zero-order valence-electron chi connectivity index (χ0n) is 15.6. The molecule has 0 saturated carbocycles. The van der Waals surface area contributed by atoms with Crippen molar-refractivity contribution in [3.8, 4) is 5.75 Å². The van der Waals surface area contributed by atoms with Gasteiger partial charge in [-0.05, 0) is 66.9 Å². The fourth-order valence-electron chi connectivity index (χ4n) is 3.55. The number of pyridine rings is 1. The lowest BCUT2D eigenvalue weighted by Gasteiger charge is -2.29. The molecule has 0 fully saturated rings. The van der Waals surface area contributed by atoms with Gasteiger partial charge < -0.3 is 15.0 Å². The molecule has 4 heteroatoms. The smallest absolute Gasteiger partial charge is 0.119 e. The molecule has 3 rings (SSSR count). The van der Waals surface area contributed by atoms with Crippen molar-refractivity contribution in [3.63, 3.8) is 0 Å². The molecule has 1 aliphatic rings. The van der Waals surface area contributed by atoms with Crippen molar-refractivity contribution in [3.05, 3.63) is 58.9 Å². The monoisotopic (exact) mass is 339 g/mol. The minimum atomic E-state index is 0.247. The first-order valence-corrected chi connectivity index (χ1v) is 9.34. The van der Waals surface area contributed by atoms with Crippen LogP contribution in [0.1, 0.15) is 42.1 Å². The molecule has 1 atom stereocenters. The molecule has 0 amide bonds. The number of fused-ring (bicyclic) bond motifs is 1. The van der Waals surface area contributed by atoms with Gasteiger partial charge in [0, 0.05) is 25.5 Å². The van der Waals surface area contributed by atoms with Crippen LogP contribution in [0.25, 0.3) is 0 Å². The maximum atomic E-state index is 6.00. The summed E-state index contributed by atoms with van der Waals surface area (Å²) in [6.07, 6.45) is 4.86. The molecule has 25 heavy (non-hydrogen) atoms. The van der Waals surface area contributed by atoms with Crippen LogP contribution in [0.3, 0.4) is 0 Å². The van der Waals surface area contributed by atoms with Crippen LogP contribution >= 0.6 is 0 Å². The summed E-state index contributed by atoms with van der Waals surface area (Å²) in [4.78, 5) is 6.60. The molecule has 2 aromatic rings. The number of aryl methyl sites for hydroxylation is 1. The maximum absolute atomic E-state index is 6.00. The van der Waals surface area contributed by atoms with Crippen LogP contribution in [0.15, 0.2) is 36.7 Å². The largest absolute Gasteiger partial charge is 0.492 e. The predicted molar refractivity (Wildman–Crippen MR) is 102 cm³/mol. The highest BCUT2D eigenvalue weighted by atomic mass is 16.5. The molecule has 1 aromatic heterocycles. The van der Waals surface area contributed by atoms with Crippen LogP contribution < -0.4 is 10.1 Å². The van der Waals surface area contributed by atoms with Crippen molar-refractivity contribution in [2.24, 2.45) is 0 Å². The number of aromatic nitrogens is 1. The molecule has 0 spiro atoms. The summed E-state index contributed by atoms with van der Waals surface area (Å²) in [6.45, 7) is 11.4. The Bertz CT molecular complexity index is 697. The Kier molecular flexibility index (Phi) is 6.05. The fourth-order valence-corrected chi connectivity index (χ4v) is 3.55. The molecule has 4 nitrogen and oxygen atoms in total. The molecule has 1 unspecified atom stereocenters. The summed E-state index contributed by atoms with van der Waals surface area (Å²) in [5, 5.41) is 3.65. The third kappa shape index (κ3) is 4.20. The van der Waals surface area contributed by atoms with Crippen molar-refractivity contribution >= 4 is 0 Å². The topological polar surface area (TPSA) is 37.4 Å². The molecule has 2 heterocycles. The summed E-state index contributed by atoms with van der Waals surface area (Å²) in [6, 6.07) is 8.92. The molecule has 1 N–H and O–H groups in total. The number of hydrogen-bond acceptors (Lipinski definition) is 4. The van der Waals surface area contributed by atoms with Gasteiger partial charge in [0.05, 0.1) is 6.04 Å². The van der Waals surface area contributed by atoms with E-state index in [4.69, 9.17) is 4.74 Å². The van der Waals surface area contributed by atoms with Crippen molar-refractivity contribution in [1.82, 2.24) is 15.2 Å². The summed E-state index contributed by atoms with van der Waals surface area (Å²) >= 11 is 0. The molecular formula is C21H29N3O. The van der Waals surface area contributed by atoms with E-state index in [0.29, 0.717) is 0 Å². The highest BCUT2D eigenvalue weighted by molar-refractivity contribution is 5.44. The first-order chi connectivity index (χ1) is 12.2. The van der Waals surface area contributed by atoms with Crippen molar-refractivity contribution in [2.75, 3.05) is 32.8 Å². The van der Waals surface area contributed by atoms with E-state index in [0.717, 1.165) is 45.0 Å². The number of nitrogens with zero attached hydrogens (tertiary/aromatic N) is 2. The van der Waals surface area contributed by atoms with Gasteiger partial charge in [-0.2, -0.15) is 0 Å². The summed E-state index contributed by atoms with van der Waals surface area (Å²) in [7, 11) is 0. The molecule has 1 aliphatic heterocycles. The summed E-state index contributed by atoms with van der Waals surface area (Å²) in [5.74, 6) is 0.984. The van der Waals surface area contributed by atoms with Gasteiger partial charge in [0.25, 0.3) is 0 Å². The lowest BCUT2D eigenvalue weighted by atomic mass is 9.88. The van der Waals surface area contributed by atoms with Crippen LogP contribution in [-0.4, -0.2) is 42.7 Å². The van der Waals surface area contributed by atoms with E-state index in [1.165, 1.54) is 22.3 Å². The van der Waals surface area contributed by atoms with E-state index in [-0.39, 0.29) is 6.04 Å². The van der Waals surface area contributed by atoms with E-state index in [1.807, 2.05) is 12.4 Å².